The van der Waals surface area contributed by atoms with Crippen molar-refractivity contribution in [1.29, 1.82) is 0 Å². The van der Waals surface area contributed by atoms with Crippen LogP contribution < -0.4 is 5.32 Å². The van der Waals surface area contributed by atoms with E-state index in [-0.39, 0.29) is 1.43 Å². The highest BCUT2D eigenvalue weighted by atomic mass is 15.0. The van der Waals surface area contributed by atoms with Crippen LogP contribution in [-0.2, 0) is 0 Å². The van der Waals surface area contributed by atoms with Gasteiger partial charge in [-0.2, -0.15) is 0 Å². The summed E-state index contributed by atoms with van der Waals surface area (Å²) in [7, 11) is 0. The van der Waals surface area contributed by atoms with Crippen molar-refractivity contribution in [2.75, 3.05) is 5.32 Å². The Balaban J connectivity index is 0.00000103. The van der Waals surface area contributed by atoms with Gasteiger partial charge in [-0.25, -0.2) is 4.98 Å². The number of hydrogen-bond acceptors (Lipinski definition) is 2. The van der Waals surface area contributed by atoms with Crippen molar-refractivity contribution < 1.29 is 1.43 Å². The van der Waals surface area contributed by atoms with Gasteiger partial charge in [-0.3, -0.25) is 0 Å². The van der Waals surface area contributed by atoms with Crippen LogP contribution >= 0.6 is 0 Å². The summed E-state index contributed by atoms with van der Waals surface area (Å²) >= 11 is 0. The van der Waals surface area contributed by atoms with Crippen molar-refractivity contribution in [1.82, 2.24) is 4.98 Å². The first kappa shape index (κ1) is 14.0. The van der Waals surface area contributed by atoms with Gasteiger partial charge in [-0.05, 0) is 24.6 Å². The van der Waals surface area contributed by atoms with Gasteiger partial charge in [0.1, 0.15) is 5.82 Å². The molecule has 0 unspecified atom stereocenters. The number of anilines is 1. The Morgan fingerprint density at radius 3 is 2.28 bits per heavy atom. The number of benzene rings is 1. The van der Waals surface area contributed by atoms with Gasteiger partial charge in [0.25, 0.3) is 0 Å². The lowest BCUT2D eigenvalue weighted by Crippen LogP contribution is -1.99. The van der Waals surface area contributed by atoms with E-state index in [1.54, 1.807) is 6.20 Å². The fourth-order valence-corrected chi connectivity index (χ4v) is 1.50. The monoisotopic (exact) mass is 242 g/mol. The van der Waals surface area contributed by atoms with Crippen LogP contribution in [0.1, 0.15) is 27.8 Å². The minimum atomic E-state index is 0. The zero-order valence-electron chi connectivity index (χ0n) is 11.2. The molecule has 0 radical (unpaired) electrons. The lowest BCUT2D eigenvalue weighted by Gasteiger charge is -2.09. The molecular weight excluding hydrogens is 220 g/mol. The predicted octanol–water partition coefficient (Wildman–Crippen LogP) is 4.83. The van der Waals surface area contributed by atoms with Crippen LogP contribution in [0.15, 0.2) is 60.8 Å². The smallest absolute Gasteiger partial charge is 0.130 e. The highest BCUT2D eigenvalue weighted by Gasteiger charge is 1.99. The van der Waals surface area contributed by atoms with Gasteiger partial charge in [0.15, 0.2) is 0 Å². The average Bonchev–Trinajstić information content (AvgIpc) is 2.49. The molecule has 0 fully saturated rings. The molecule has 2 nitrogen and oxygen atoms in total. The molecule has 18 heavy (non-hydrogen) atoms. The maximum Gasteiger partial charge on any atom is 0.130 e. The summed E-state index contributed by atoms with van der Waals surface area (Å²) in [5.74, 6) is 0.861. The first-order valence-electron chi connectivity index (χ1n) is 6.30. The molecule has 1 N–H and O–H groups in total. The quantitative estimate of drug-likeness (QED) is 0.834. The predicted molar refractivity (Wildman–Crippen MR) is 81.4 cm³/mol. The fourth-order valence-electron chi connectivity index (χ4n) is 1.50. The average molecular weight is 242 g/mol. The number of pyridine rings is 1. The summed E-state index contributed by atoms with van der Waals surface area (Å²) in [5, 5.41) is 3.29. The highest BCUT2D eigenvalue weighted by molar-refractivity contribution is 5.75. The van der Waals surface area contributed by atoms with Crippen LogP contribution in [0.3, 0.4) is 0 Å². The van der Waals surface area contributed by atoms with Crippen molar-refractivity contribution in [3.8, 4) is 0 Å². The summed E-state index contributed by atoms with van der Waals surface area (Å²) in [6.07, 6.45) is 3.82. The molecular formula is C16H22N2. The Kier molecular flexibility index (Phi) is 6.26. The molecule has 0 saturated carbocycles. The van der Waals surface area contributed by atoms with Crippen molar-refractivity contribution in [3.05, 3.63) is 66.4 Å². The molecule has 0 aliphatic rings. The minimum absolute atomic E-state index is 0. The SMILES string of the molecule is C/C=C(/Nc1ccccn1)c1ccccc1.CC.[HH]. The third-order valence-electron chi connectivity index (χ3n) is 2.30. The van der Waals surface area contributed by atoms with E-state index in [0.29, 0.717) is 0 Å². The molecule has 2 rings (SSSR count). The lowest BCUT2D eigenvalue weighted by atomic mass is 10.1. The van der Waals surface area contributed by atoms with Gasteiger partial charge in [0, 0.05) is 13.3 Å². The molecule has 96 valence electrons. The number of hydrogen-bond donors (Lipinski definition) is 1. The van der Waals surface area contributed by atoms with Crippen LogP contribution in [0.4, 0.5) is 5.82 Å². The third-order valence-corrected chi connectivity index (χ3v) is 2.30. The molecule has 1 aromatic carbocycles. The van der Waals surface area contributed by atoms with Crippen LogP contribution in [0, 0.1) is 0 Å². The van der Waals surface area contributed by atoms with Gasteiger partial charge in [0.2, 0.25) is 0 Å². The Hall–Kier alpha value is -2.09. The number of nitrogens with zero attached hydrogens (tertiary/aromatic N) is 1. The summed E-state index contributed by atoms with van der Waals surface area (Å²) in [5.41, 5.74) is 2.23. The molecule has 1 aromatic heterocycles. The van der Waals surface area contributed by atoms with Gasteiger partial charge >= 0.3 is 0 Å². The second-order valence-electron chi connectivity index (χ2n) is 3.41. The van der Waals surface area contributed by atoms with Crippen molar-refractivity contribution in [3.63, 3.8) is 0 Å². The first-order chi connectivity index (χ1) is 8.90. The van der Waals surface area contributed by atoms with E-state index in [4.69, 9.17) is 0 Å². The number of aromatic nitrogens is 1. The Morgan fingerprint density at radius 2 is 1.72 bits per heavy atom. The second-order valence-corrected chi connectivity index (χ2v) is 3.41. The van der Waals surface area contributed by atoms with Crippen molar-refractivity contribution >= 4 is 11.5 Å². The summed E-state index contributed by atoms with van der Waals surface area (Å²) < 4.78 is 0. The molecule has 0 atom stereocenters. The largest absolute Gasteiger partial charge is 0.340 e. The van der Waals surface area contributed by atoms with E-state index in [2.05, 4.69) is 22.4 Å². The zero-order valence-corrected chi connectivity index (χ0v) is 11.2. The molecule has 2 aromatic rings. The van der Waals surface area contributed by atoms with Gasteiger partial charge in [-0.1, -0.05) is 56.3 Å². The maximum absolute atomic E-state index is 4.24. The normalized spacial score (nSPS) is 10.3. The Labute approximate surface area is 111 Å². The van der Waals surface area contributed by atoms with E-state index >= 15 is 0 Å². The number of allylic oxidation sites excluding steroid dienone is 1. The van der Waals surface area contributed by atoms with Crippen LogP contribution in [0.25, 0.3) is 5.70 Å². The molecule has 0 amide bonds. The molecule has 0 aliphatic heterocycles. The molecule has 0 bridgehead atoms. The lowest BCUT2D eigenvalue weighted by molar-refractivity contribution is 1.31. The van der Waals surface area contributed by atoms with E-state index in [9.17, 15) is 0 Å². The second kappa shape index (κ2) is 8.07. The molecule has 1 heterocycles. The molecule has 0 aliphatic carbocycles. The summed E-state index contributed by atoms with van der Waals surface area (Å²) in [4.78, 5) is 4.24. The number of rotatable bonds is 3. The molecule has 0 spiro atoms. The molecule has 2 heteroatoms. The standard InChI is InChI=1S/C14H14N2.C2H6.H2/c1-2-13(12-8-4-3-5-9-12)16-14-10-6-7-11-15-14;1-2;/h2-11H,1H3,(H,15,16);1-2H3;1H/b13-2+;;. The van der Waals surface area contributed by atoms with Gasteiger partial charge in [0.05, 0.1) is 0 Å². The van der Waals surface area contributed by atoms with E-state index in [1.807, 2.05) is 63.2 Å². The Morgan fingerprint density at radius 1 is 1.06 bits per heavy atom. The van der Waals surface area contributed by atoms with E-state index in [0.717, 1.165) is 17.1 Å². The summed E-state index contributed by atoms with van der Waals surface area (Å²) in [6, 6.07) is 16.0. The van der Waals surface area contributed by atoms with Crippen molar-refractivity contribution in [2.24, 2.45) is 0 Å². The van der Waals surface area contributed by atoms with Crippen LogP contribution in [-0.4, -0.2) is 4.98 Å². The van der Waals surface area contributed by atoms with Gasteiger partial charge in [-0.15, -0.1) is 0 Å². The zero-order chi connectivity index (χ0) is 13.2. The molecule has 0 saturated heterocycles. The van der Waals surface area contributed by atoms with Crippen molar-refractivity contribution in [2.45, 2.75) is 20.8 Å². The third kappa shape index (κ3) is 4.06. The first-order valence-corrected chi connectivity index (χ1v) is 6.30. The maximum atomic E-state index is 4.24. The number of nitrogens with one attached hydrogen (secondary N) is 1. The summed E-state index contributed by atoms with van der Waals surface area (Å²) in [6.45, 7) is 6.01. The topological polar surface area (TPSA) is 24.9 Å². The van der Waals surface area contributed by atoms with Crippen LogP contribution in [0.5, 0.6) is 0 Å². The highest BCUT2D eigenvalue weighted by Crippen LogP contribution is 2.16. The van der Waals surface area contributed by atoms with E-state index in [1.165, 1.54) is 0 Å². The van der Waals surface area contributed by atoms with E-state index < -0.39 is 0 Å². The minimum Gasteiger partial charge on any atom is -0.340 e. The fraction of sp³-hybridized carbons (Fsp3) is 0.188. The Bertz CT molecular complexity index is 467. The van der Waals surface area contributed by atoms with Gasteiger partial charge < -0.3 is 5.32 Å². The van der Waals surface area contributed by atoms with Crippen LogP contribution in [0.2, 0.25) is 0 Å².